The Kier molecular flexibility index (Phi) is 4.09. The van der Waals surface area contributed by atoms with E-state index in [0.29, 0.717) is 0 Å². The van der Waals surface area contributed by atoms with Crippen LogP contribution in [-0.4, -0.2) is 11.0 Å². The first-order valence-corrected chi connectivity index (χ1v) is 5.63. The van der Waals surface area contributed by atoms with Crippen molar-refractivity contribution >= 4 is 17.5 Å². The minimum Gasteiger partial charge on any atom is -0.304 e. The van der Waals surface area contributed by atoms with Crippen molar-refractivity contribution in [2.75, 3.05) is 10.7 Å². The van der Waals surface area contributed by atoms with E-state index in [0.717, 1.165) is 0 Å². The lowest BCUT2D eigenvalue weighted by Gasteiger charge is -2.10. The zero-order valence-corrected chi connectivity index (χ0v) is 10.2. The molecule has 20 heavy (non-hydrogen) atoms. The smallest absolute Gasteiger partial charge is 0.304 e. The third-order valence-electron chi connectivity index (χ3n) is 2.34. The Morgan fingerprint density at radius 2 is 2.05 bits per heavy atom. The van der Waals surface area contributed by atoms with Crippen LogP contribution in [0.15, 0.2) is 42.6 Å². The minimum absolute atomic E-state index is 0.0494. The van der Waals surface area contributed by atoms with Crippen LogP contribution in [0, 0.1) is 17.1 Å². The van der Waals surface area contributed by atoms with Crippen molar-refractivity contribution in [1.29, 1.82) is 5.26 Å². The number of rotatable bonds is 3. The molecule has 0 spiro atoms. The molecule has 0 saturated carbocycles. The molecule has 0 aliphatic rings. The number of hydrogen-bond donors (Lipinski definition) is 3. The zero-order chi connectivity index (χ0) is 14.4. The van der Waals surface area contributed by atoms with Crippen molar-refractivity contribution in [3.8, 4) is 6.07 Å². The maximum Gasteiger partial charge on any atom is 0.337 e. The van der Waals surface area contributed by atoms with Crippen molar-refractivity contribution in [3.63, 3.8) is 0 Å². The van der Waals surface area contributed by atoms with Crippen LogP contribution in [0.5, 0.6) is 0 Å². The Labute approximate surface area is 114 Å². The summed E-state index contributed by atoms with van der Waals surface area (Å²) in [4.78, 5) is 15.5. The Bertz CT molecular complexity index is 668. The highest BCUT2D eigenvalue weighted by molar-refractivity contribution is 5.90. The maximum absolute atomic E-state index is 13.3. The Hall–Kier alpha value is -3.14. The van der Waals surface area contributed by atoms with Gasteiger partial charge < -0.3 is 5.32 Å². The van der Waals surface area contributed by atoms with Crippen molar-refractivity contribution < 1.29 is 9.18 Å². The van der Waals surface area contributed by atoms with Gasteiger partial charge >= 0.3 is 6.03 Å². The lowest BCUT2D eigenvalue weighted by atomic mass is 10.3. The molecule has 0 aliphatic carbocycles. The summed E-state index contributed by atoms with van der Waals surface area (Å²) in [6, 6.07) is 10.2. The molecule has 100 valence electrons. The van der Waals surface area contributed by atoms with E-state index >= 15 is 0 Å². The van der Waals surface area contributed by atoms with Gasteiger partial charge in [0.05, 0.1) is 11.3 Å². The van der Waals surface area contributed by atoms with Crippen molar-refractivity contribution in [2.24, 2.45) is 0 Å². The van der Waals surface area contributed by atoms with Gasteiger partial charge in [-0.2, -0.15) is 5.26 Å². The zero-order valence-electron chi connectivity index (χ0n) is 10.2. The highest BCUT2D eigenvalue weighted by Gasteiger charge is 2.07. The SMILES string of the molecule is N#Cc1cccnc1NNC(=O)Nc1ccccc1F. The van der Waals surface area contributed by atoms with Gasteiger partial charge in [0.2, 0.25) is 0 Å². The summed E-state index contributed by atoms with van der Waals surface area (Å²) in [6.07, 6.45) is 1.47. The average Bonchev–Trinajstić information content (AvgIpc) is 2.48. The summed E-state index contributed by atoms with van der Waals surface area (Å²) in [6.45, 7) is 0. The third-order valence-corrected chi connectivity index (χ3v) is 2.34. The molecule has 1 heterocycles. The van der Waals surface area contributed by atoms with Gasteiger partial charge in [0.1, 0.15) is 11.9 Å². The van der Waals surface area contributed by atoms with Gasteiger partial charge in [0.15, 0.2) is 5.82 Å². The monoisotopic (exact) mass is 271 g/mol. The summed E-state index contributed by atoms with van der Waals surface area (Å²) < 4.78 is 13.3. The number of pyridine rings is 1. The van der Waals surface area contributed by atoms with E-state index in [9.17, 15) is 9.18 Å². The van der Waals surface area contributed by atoms with Crippen molar-refractivity contribution in [1.82, 2.24) is 10.4 Å². The number of aromatic nitrogens is 1. The van der Waals surface area contributed by atoms with Crippen LogP contribution in [0.3, 0.4) is 0 Å². The fourth-order valence-corrected chi connectivity index (χ4v) is 1.43. The number of anilines is 2. The standard InChI is InChI=1S/C13H10FN5O/c14-10-5-1-2-6-11(10)17-13(20)19-18-12-9(8-15)4-3-7-16-12/h1-7H,(H,16,18)(H2,17,19,20). The van der Waals surface area contributed by atoms with Gasteiger partial charge in [-0.1, -0.05) is 12.1 Å². The number of urea groups is 1. The molecule has 2 rings (SSSR count). The molecule has 7 heteroatoms. The first kappa shape index (κ1) is 13.3. The van der Waals surface area contributed by atoms with E-state index in [1.54, 1.807) is 18.2 Å². The summed E-state index contributed by atoms with van der Waals surface area (Å²) in [5.74, 6) is -0.336. The normalized spacial score (nSPS) is 9.40. The van der Waals surface area contributed by atoms with E-state index in [4.69, 9.17) is 5.26 Å². The number of nitrogens with one attached hydrogen (secondary N) is 3. The van der Waals surface area contributed by atoms with Gasteiger partial charge in [0.25, 0.3) is 0 Å². The molecule has 0 aliphatic heterocycles. The molecule has 0 fully saturated rings. The molecule has 0 saturated heterocycles. The molecule has 2 aromatic rings. The molecular formula is C13H10FN5O. The molecule has 0 radical (unpaired) electrons. The Morgan fingerprint density at radius 3 is 2.80 bits per heavy atom. The van der Waals surface area contributed by atoms with Gasteiger partial charge in [-0.3, -0.25) is 10.9 Å². The lowest BCUT2D eigenvalue weighted by Crippen LogP contribution is -2.34. The number of hydrazine groups is 1. The predicted molar refractivity (Wildman–Crippen MR) is 71.1 cm³/mol. The van der Waals surface area contributed by atoms with Crippen LogP contribution >= 0.6 is 0 Å². The van der Waals surface area contributed by atoms with Crippen LogP contribution in [0.2, 0.25) is 0 Å². The molecule has 1 aromatic carbocycles. The fourth-order valence-electron chi connectivity index (χ4n) is 1.43. The topological polar surface area (TPSA) is 89.8 Å². The molecule has 3 N–H and O–H groups in total. The van der Waals surface area contributed by atoms with E-state index < -0.39 is 11.8 Å². The van der Waals surface area contributed by atoms with Gasteiger partial charge in [0, 0.05) is 6.20 Å². The summed E-state index contributed by atoms with van der Waals surface area (Å²) in [7, 11) is 0. The number of benzene rings is 1. The summed E-state index contributed by atoms with van der Waals surface area (Å²) in [5, 5.41) is 11.2. The lowest BCUT2D eigenvalue weighted by molar-refractivity contribution is 0.253. The van der Waals surface area contributed by atoms with Crippen LogP contribution in [0.25, 0.3) is 0 Å². The fraction of sp³-hybridized carbons (Fsp3) is 0. The minimum atomic E-state index is -0.676. The number of carbonyl (C=O) groups excluding carboxylic acids is 1. The van der Waals surface area contributed by atoms with Crippen molar-refractivity contribution in [3.05, 3.63) is 54.0 Å². The van der Waals surface area contributed by atoms with Crippen LogP contribution in [0.1, 0.15) is 5.56 Å². The quantitative estimate of drug-likeness (QED) is 0.747. The van der Waals surface area contributed by atoms with Crippen LogP contribution < -0.4 is 16.2 Å². The first-order chi connectivity index (χ1) is 9.70. The Morgan fingerprint density at radius 1 is 1.25 bits per heavy atom. The van der Waals surface area contributed by atoms with Gasteiger partial charge in [-0.15, -0.1) is 0 Å². The second kappa shape index (κ2) is 6.15. The molecule has 0 unspecified atom stereocenters. The van der Waals surface area contributed by atoms with Gasteiger partial charge in [-0.05, 0) is 24.3 Å². The van der Waals surface area contributed by atoms with Crippen LogP contribution in [0.4, 0.5) is 20.7 Å². The number of carbonyl (C=O) groups is 1. The molecule has 6 nitrogen and oxygen atoms in total. The van der Waals surface area contributed by atoms with E-state index in [2.05, 4.69) is 21.2 Å². The first-order valence-electron chi connectivity index (χ1n) is 5.63. The summed E-state index contributed by atoms with van der Waals surface area (Å²) >= 11 is 0. The number of nitriles is 1. The predicted octanol–water partition coefficient (Wildman–Crippen LogP) is 2.24. The highest BCUT2D eigenvalue weighted by atomic mass is 19.1. The highest BCUT2D eigenvalue weighted by Crippen LogP contribution is 2.12. The molecule has 0 bridgehead atoms. The second-order valence-corrected chi connectivity index (χ2v) is 3.70. The van der Waals surface area contributed by atoms with E-state index in [-0.39, 0.29) is 17.1 Å². The van der Waals surface area contributed by atoms with E-state index in [1.807, 2.05) is 6.07 Å². The van der Waals surface area contributed by atoms with Gasteiger partial charge in [-0.25, -0.2) is 14.2 Å². The van der Waals surface area contributed by atoms with E-state index in [1.165, 1.54) is 24.4 Å². The Balaban J connectivity index is 1.96. The van der Waals surface area contributed by atoms with Crippen molar-refractivity contribution in [2.45, 2.75) is 0 Å². The number of nitrogens with zero attached hydrogens (tertiary/aromatic N) is 2. The molecular weight excluding hydrogens is 261 g/mol. The summed E-state index contributed by atoms with van der Waals surface area (Å²) in [5.41, 5.74) is 5.08. The molecule has 0 atom stereocenters. The number of amides is 2. The molecule has 1 aromatic heterocycles. The third kappa shape index (κ3) is 3.20. The average molecular weight is 271 g/mol. The number of halogens is 1. The second-order valence-electron chi connectivity index (χ2n) is 3.70. The largest absolute Gasteiger partial charge is 0.337 e. The van der Waals surface area contributed by atoms with Crippen LogP contribution in [-0.2, 0) is 0 Å². The number of para-hydroxylation sites is 1. The maximum atomic E-state index is 13.3. The molecule has 2 amide bonds. The number of hydrogen-bond acceptors (Lipinski definition) is 4.